The Morgan fingerprint density at radius 1 is 0.962 bits per heavy atom. The smallest absolute Gasteiger partial charge is 0.129 e. The monoisotopic (exact) mass is 351 g/mol. The van der Waals surface area contributed by atoms with Crippen molar-refractivity contribution in [3.63, 3.8) is 0 Å². The van der Waals surface area contributed by atoms with E-state index >= 15 is 0 Å². The van der Waals surface area contributed by atoms with Crippen molar-refractivity contribution in [2.45, 2.75) is 33.4 Å². The van der Waals surface area contributed by atoms with Gasteiger partial charge in [0.25, 0.3) is 0 Å². The van der Waals surface area contributed by atoms with Crippen LogP contribution in [0.4, 0.5) is 4.39 Å². The Kier molecular flexibility index (Phi) is 6.24. The van der Waals surface area contributed by atoms with Crippen molar-refractivity contribution in [1.29, 1.82) is 0 Å². The van der Waals surface area contributed by atoms with Crippen molar-refractivity contribution in [3.05, 3.63) is 77.6 Å². The van der Waals surface area contributed by atoms with E-state index in [0.717, 1.165) is 30.8 Å². The van der Waals surface area contributed by atoms with E-state index in [0.29, 0.717) is 11.5 Å². The number of hydrogen-bond donors (Lipinski definition) is 1. The van der Waals surface area contributed by atoms with Crippen LogP contribution >= 0.6 is 0 Å². The first kappa shape index (κ1) is 18.4. The summed E-state index contributed by atoms with van der Waals surface area (Å²) < 4.78 is 19.9. The lowest BCUT2D eigenvalue weighted by molar-refractivity contribution is 0.296. The first-order chi connectivity index (χ1) is 12.6. The summed E-state index contributed by atoms with van der Waals surface area (Å²) in [5.41, 5.74) is 1.70. The average molecular weight is 351 g/mol. The Hall–Kier alpha value is -2.39. The zero-order valence-electron chi connectivity index (χ0n) is 15.5. The van der Waals surface area contributed by atoms with E-state index in [4.69, 9.17) is 4.74 Å². The highest BCUT2D eigenvalue weighted by Crippen LogP contribution is 2.29. The molecule has 0 saturated heterocycles. The maximum absolute atomic E-state index is 13.9. The Morgan fingerprint density at radius 2 is 1.73 bits per heavy atom. The predicted octanol–water partition coefficient (Wildman–Crippen LogP) is 5.69. The number of halogens is 1. The van der Waals surface area contributed by atoms with Gasteiger partial charge in [0, 0.05) is 17.7 Å². The van der Waals surface area contributed by atoms with E-state index in [9.17, 15) is 4.39 Å². The van der Waals surface area contributed by atoms with Gasteiger partial charge >= 0.3 is 0 Å². The van der Waals surface area contributed by atoms with Crippen LogP contribution in [0.3, 0.4) is 0 Å². The maximum atomic E-state index is 13.9. The molecule has 136 valence electrons. The molecule has 0 unspecified atom stereocenters. The van der Waals surface area contributed by atoms with Crippen molar-refractivity contribution in [2.75, 3.05) is 6.54 Å². The Labute approximate surface area is 155 Å². The van der Waals surface area contributed by atoms with Crippen molar-refractivity contribution in [1.82, 2.24) is 5.32 Å². The number of fused-ring (bicyclic) bond motifs is 1. The standard InChI is InChI=1S/C23H26FNO/c1-17(2)13-14-25-15-21-20-9-5-3-7-18(20)11-12-23(21)26-16-19-8-4-6-10-22(19)24/h3-12,17,25H,13-16H2,1-2H3. The summed E-state index contributed by atoms with van der Waals surface area (Å²) in [7, 11) is 0. The summed E-state index contributed by atoms with van der Waals surface area (Å²) in [6.45, 7) is 6.38. The fraction of sp³-hybridized carbons (Fsp3) is 0.304. The van der Waals surface area contributed by atoms with Crippen LogP contribution in [0.5, 0.6) is 5.75 Å². The molecule has 0 saturated carbocycles. The van der Waals surface area contributed by atoms with Gasteiger partial charge in [-0.25, -0.2) is 4.39 Å². The molecule has 0 aliphatic heterocycles. The minimum absolute atomic E-state index is 0.226. The first-order valence-corrected chi connectivity index (χ1v) is 9.22. The summed E-state index contributed by atoms with van der Waals surface area (Å²) in [6.07, 6.45) is 1.14. The Balaban J connectivity index is 1.81. The molecule has 1 N–H and O–H groups in total. The molecule has 0 aliphatic rings. The quantitative estimate of drug-likeness (QED) is 0.526. The third kappa shape index (κ3) is 4.61. The van der Waals surface area contributed by atoms with Crippen molar-refractivity contribution in [3.8, 4) is 5.75 Å². The summed E-state index contributed by atoms with van der Waals surface area (Å²) in [5, 5.41) is 5.88. The van der Waals surface area contributed by atoms with Gasteiger partial charge in [0.15, 0.2) is 0 Å². The summed E-state index contributed by atoms with van der Waals surface area (Å²) in [5.74, 6) is 1.25. The molecule has 3 aromatic rings. The van der Waals surface area contributed by atoms with E-state index in [2.05, 4.69) is 37.4 Å². The lowest BCUT2D eigenvalue weighted by Crippen LogP contribution is -2.17. The highest BCUT2D eigenvalue weighted by atomic mass is 19.1. The molecule has 3 rings (SSSR count). The third-order valence-electron chi connectivity index (χ3n) is 4.54. The van der Waals surface area contributed by atoms with Gasteiger partial charge in [-0.15, -0.1) is 0 Å². The van der Waals surface area contributed by atoms with Crippen LogP contribution in [-0.4, -0.2) is 6.54 Å². The van der Waals surface area contributed by atoms with Gasteiger partial charge in [0.2, 0.25) is 0 Å². The van der Waals surface area contributed by atoms with Gasteiger partial charge in [-0.1, -0.05) is 62.4 Å². The lowest BCUT2D eigenvalue weighted by atomic mass is 10.0. The van der Waals surface area contributed by atoms with E-state index < -0.39 is 0 Å². The number of ether oxygens (including phenoxy) is 1. The average Bonchev–Trinajstić information content (AvgIpc) is 2.65. The van der Waals surface area contributed by atoms with Crippen LogP contribution in [0.2, 0.25) is 0 Å². The zero-order chi connectivity index (χ0) is 18.4. The third-order valence-corrected chi connectivity index (χ3v) is 4.54. The molecule has 3 aromatic carbocycles. The molecule has 2 nitrogen and oxygen atoms in total. The fourth-order valence-corrected chi connectivity index (χ4v) is 3.01. The molecule has 0 fully saturated rings. The number of hydrogen-bond acceptors (Lipinski definition) is 2. The summed E-state index contributed by atoms with van der Waals surface area (Å²) >= 11 is 0. The highest BCUT2D eigenvalue weighted by molar-refractivity contribution is 5.87. The second-order valence-electron chi connectivity index (χ2n) is 7.00. The van der Waals surface area contributed by atoms with Gasteiger partial charge in [-0.2, -0.15) is 0 Å². The molecule has 3 heteroatoms. The van der Waals surface area contributed by atoms with Gasteiger partial charge < -0.3 is 10.1 Å². The van der Waals surface area contributed by atoms with Crippen molar-refractivity contribution < 1.29 is 9.13 Å². The van der Waals surface area contributed by atoms with Gasteiger partial charge in [-0.3, -0.25) is 0 Å². The summed E-state index contributed by atoms with van der Waals surface area (Å²) in [6, 6.07) is 19.1. The van der Waals surface area contributed by atoms with Crippen LogP contribution in [0.25, 0.3) is 10.8 Å². The first-order valence-electron chi connectivity index (χ1n) is 9.22. The fourth-order valence-electron chi connectivity index (χ4n) is 3.01. The molecule has 26 heavy (non-hydrogen) atoms. The van der Waals surface area contributed by atoms with Gasteiger partial charge in [0.1, 0.15) is 18.2 Å². The van der Waals surface area contributed by atoms with Crippen LogP contribution in [0, 0.1) is 11.7 Å². The number of nitrogens with one attached hydrogen (secondary N) is 1. The van der Waals surface area contributed by atoms with Crippen LogP contribution in [-0.2, 0) is 13.2 Å². The lowest BCUT2D eigenvalue weighted by Gasteiger charge is -2.16. The minimum Gasteiger partial charge on any atom is -0.488 e. The van der Waals surface area contributed by atoms with Gasteiger partial charge in [0.05, 0.1) is 0 Å². The summed E-state index contributed by atoms with van der Waals surface area (Å²) in [4.78, 5) is 0. The molecule has 0 spiro atoms. The zero-order valence-corrected chi connectivity index (χ0v) is 15.5. The van der Waals surface area contributed by atoms with E-state index in [1.165, 1.54) is 16.8 Å². The SMILES string of the molecule is CC(C)CCNCc1c(OCc2ccccc2F)ccc2ccccc12. The Bertz CT molecular complexity index is 860. The minimum atomic E-state index is -0.232. The number of rotatable bonds is 8. The molecule has 0 heterocycles. The van der Waals surface area contributed by atoms with Gasteiger partial charge in [-0.05, 0) is 41.8 Å². The maximum Gasteiger partial charge on any atom is 0.129 e. The molecule has 0 radical (unpaired) electrons. The second kappa shape index (κ2) is 8.81. The molecular weight excluding hydrogens is 325 g/mol. The molecule has 0 aliphatic carbocycles. The van der Waals surface area contributed by atoms with E-state index in [-0.39, 0.29) is 12.4 Å². The van der Waals surface area contributed by atoms with Crippen molar-refractivity contribution >= 4 is 10.8 Å². The molecule has 0 atom stereocenters. The largest absolute Gasteiger partial charge is 0.488 e. The van der Waals surface area contributed by atoms with Crippen molar-refractivity contribution in [2.24, 2.45) is 5.92 Å². The molecule has 0 bridgehead atoms. The highest BCUT2D eigenvalue weighted by Gasteiger charge is 2.10. The molecular formula is C23H26FNO. The normalized spacial score (nSPS) is 11.2. The van der Waals surface area contributed by atoms with Crippen LogP contribution in [0.15, 0.2) is 60.7 Å². The van der Waals surface area contributed by atoms with Crippen LogP contribution in [0.1, 0.15) is 31.4 Å². The number of benzene rings is 3. The Morgan fingerprint density at radius 3 is 2.54 bits per heavy atom. The van der Waals surface area contributed by atoms with E-state index in [1.54, 1.807) is 12.1 Å². The van der Waals surface area contributed by atoms with Crippen LogP contribution < -0.4 is 10.1 Å². The van der Waals surface area contributed by atoms with E-state index in [1.807, 2.05) is 24.3 Å². The topological polar surface area (TPSA) is 21.3 Å². The molecule has 0 amide bonds. The predicted molar refractivity (Wildman–Crippen MR) is 106 cm³/mol. The second-order valence-corrected chi connectivity index (χ2v) is 7.00. The molecule has 0 aromatic heterocycles.